The average molecular weight is 380 g/mol. The molecule has 2 rings (SSSR count). The number of hydrogen-bond donors (Lipinski definition) is 0. The van der Waals surface area contributed by atoms with Crippen LogP contribution in [0.3, 0.4) is 0 Å². The van der Waals surface area contributed by atoms with Crippen LogP contribution < -0.4 is 15.0 Å². The first-order valence-corrected chi connectivity index (χ1v) is 8.68. The molecular formula is C22H24N2O4. The summed E-state index contributed by atoms with van der Waals surface area (Å²) < 4.78 is 11.9. The summed E-state index contributed by atoms with van der Waals surface area (Å²) in [4.78, 5) is 27.1. The van der Waals surface area contributed by atoms with Gasteiger partial charge in [0.05, 0.1) is 14.2 Å². The van der Waals surface area contributed by atoms with Crippen LogP contribution in [0.25, 0.3) is 11.8 Å². The number of rotatable bonds is 9. The first-order valence-electron chi connectivity index (χ1n) is 8.68. The molecule has 0 unspecified atom stereocenters. The lowest BCUT2D eigenvalue weighted by Gasteiger charge is -2.22. The second-order valence-electron chi connectivity index (χ2n) is 5.84. The highest BCUT2D eigenvalue weighted by Gasteiger charge is 2.19. The Balaban J connectivity index is 2.61. The number of nitrogens with zero attached hydrogens (tertiary/aromatic N) is 2. The van der Waals surface area contributed by atoms with Gasteiger partial charge >= 0.3 is 0 Å². The highest BCUT2D eigenvalue weighted by Crippen LogP contribution is 2.29. The molecule has 0 saturated carbocycles. The van der Waals surface area contributed by atoms with Crippen molar-refractivity contribution in [1.82, 2.24) is 9.47 Å². The van der Waals surface area contributed by atoms with E-state index in [0.717, 1.165) is 0 Å². The van der Waals surface area contributed by atoms with Gasteiger partial charge in [0.2, 0.25) is 0 Å². The maximum Gasteiger partial charge on any atom is 0.271 e. The third kappa shape index (κ3) is 4.79. The van der Waals surface area contributed by atoms with Gasteiger partial charge in [-0.05, 0) is 29.8 Å². The Morgan fingerprint density at radius 1 is 1.07 bits per heavy atom. The predicted octanol–water partition coefficient (Wildman–Crippen LogP) is 3.06. The van der Waals surface area contributed by atoms with Crippen molar-refractivity contribution in [2.24, 2.45) is 0 Å². The molecule has 0 aliphatic rings. The standard InChI is InChI=1S/C22H24N2O4/c1-5-12-23(13-6-2)22(26)18(24-14-8-7-9-21(24)25)15-17-10-11-19(27-3)20(16-17)28-4/h5-11,14-16H,1-2,12-13H2,3-4H3/b18-15+. The molecule has 0 fully saturated rings. The van der Waals surface area contributed by atoms with E-state index in [2.05, 4.69) is 13.2 Å². The van der Waals surface area contributed by atoms with Crippen molar-refractivity contribution in [2.45, 2.75) is 0 Å². The summed E-state index contributed by atoms with van der Waals surface area (Å²) in [5.74, 6) is 0.782. The molecule has 1 aromatic carbocycles. The number of benzene rings is 1. The fraction of sp³-hybridized carbons (Fsp3) is 0.182. The minimum Gasteiger partial charge on any atom is -0.493 e. The predicted molar refractivity (Wildman–Crippen MR) is 111 cm³/mol. The smallest absolute Gasteiger partial charge is 0.271 e. The average Bonchev–Trinajstić information content (AvgIpc) is 2.71. The van der Waals surface area contributed by atoms with Crippen LogP contribution in [0.5, 0.6) is 11.5 Å². The molecule has 28 heavy (non-hydrogen) atoms. The van der Waals surface area contributed by atoms with Gasteiger partial charge in [-0.3, -0.25) is 14.2 Å². The van der Waals surface area contributed by atoms with Gasteiger partial charge in [0, 0.05) is 25.4 Å². The number of carbonyl (C=O) groups is 1. The van der Waals surface area contributed by atoms with Crippen molar-refractivity contribution in [3.8, 4) is 11.5 Å². The Morgan fingerprint density at radius 3 is 2.32 bits per heavy atom. The van der Waals surface area contributed by atoms with E-state index in [4.69, 9.17) is 9.47 Å². The third-order valence-electron chi connectivity index (χ3n) is 4.00. The molecule has 6 heteroatoms. The van der Waals surface area contributed by atoms with E-state index in [1.54, 1.807) is 66.8 Å². The van der Waals surface area contributed by atoms with Gasteiger partial charge in [0.15, 0.2) is 11.5 Å². The zero-order valence-electron chi connectivity index (χ0n) is 16.1. The molecule has 1 amide bonds. The van der Waals surface area contributed by atoms with Gasteiger partial charge in [-0.25, -0.2) is 0 Å². The lowest BCUT2D eigenvalue weighted by atomic mass is 10.1. The number of aromatic nitrogens is 1. The molecule has 0 bridgehead atoms. The topological polar surface area (TPSA) is 60.8 Å². The van der Waals surface area contributed by atoms with E-state index < -0.39 is 0 Å². The van der Waals surface area contributed by atoms with Crippen molar-refractivity contribution < 1.29 is 14.3 Å². The van der Waals surface area contributed by atoms with Crippen molar-refractivity contribution in [3.63, 3.8) is 0 Å². The van der Waals surface area contributed by atoms with Crippen LogP contribution in [-0.2, 0) is 4.79 Å². The first kappa shape index (κ1) is 20.8. The van der Waals surface area contributed by atoms with E-state index >= 15 is 0 Å². The van der Waals surface area contributed by atoms with Crippen LogP contribution >= 0.6 is 0 Å². The van der Waals surface area contributed by atoms with Crippen molar-refractivity contribution >= 4 is 17.7 Å². The van der Waals surface area contributed by atoms with Gasteiger partial charge < -0.3 is 14.4 Å². The Labute approximate surface area is 164 Å². The lowest BCUT2D eigenvalue weighted by molar-refractivity contribution is -0.124. The zero-order chi connectivity index (χ0) is 20.5. The molecule has 0 N–H and O–H groups in total. The Bertz CT molecular complexity index is 934. The fourth-order valence-corrected chi connectivity index (χ4v) is 2.68. The lowest BCUT2D eigenvalue weighted by Crippen LogP contribution is -2.35. The number of carbonyl (C=O) groups excluding carboxylic acids is 1. The van der Waals surface area contributed by atoms with Crippen LogP contribution in [-0.4, -0.2) is 42.7 Å². The fourth-order valence-electron chi connectivity index (χ4n) is 2.68. The summed E-state index contributed by atoms with van der Waals surface area (Å²) in [5.41, 5.74) is 0.593. The molecular weight excluding hydrogens is 356 g/mol. The van der Waals surface area contributed by atoms with Gasteiger partial charge in [0.25, 0.3) is 11.5 Å². The maximum atomic E-state index is 13.2. The van der Waals surface area contributed by atoms with Crippen molar-refractivity contribution in [1.29, 1.82) is 0 Å². The molecule has 2 aromatic rings. The van der Waals surface area contributed by atoms with Gasteiger partial charge in [-0.15, -0.1) is 13.2 Å². The number of pyridine rings is 1. The summed E-state index contributed by atoms with van der Waals surface area (Å²) in [6.07, 6.45) is 6.46. The summed E-state index contributed by atoms with van der Waals surface area (Å²) in [6, 6.07) is 10.00. The normalized spacial score (nSPS) is 10.9. The van der Waals surface area contributed by atoms with Crippen LogP contribution in [0.15, 0.2) is 72.7 Å². The van der Waals surface area contributed by atoms with Gasteiger partial charge in [0.1, 0.15) is 5.70 Å². The maximum absolute atomic E-state index is 13.2. The third-order valence-corrected chi connectivity index (χ3v) is 4.00. The van der Waals surface area contributed by atoms with Crippen molar-refractivity contribution in [3.05, 3.63) is 83.8 Å². The zero-order valence-corrected chi connectivity index (χ0v) is 16.1. The van der Waals surface area contributed by atoms with Crippen molar-refractivity contribution in [2.75, 3.05) is 27.3 Å². The minimum absolute atomic E-state index is 0.210. The van der Waals surface area contributed by atoms with Gasteiger partial charge in [-0.2, -0.15) is 0 Å². The Hall–Kier alpha value is -3.54. The second kappa shape index (κ2) is 9.97. The molecule has 0 atom stereocenters. The second-order valence-corrected chi connectivity index (χ2v) is 5.84. The van der Waals surface area contributed by atoms with E-state index in [-0.39, 0.29) is 17.2 Å². The minimum atomic E-state index is -0.317. The molecule has 0 saturated heterocycles. The Kier molecular flexibility index (Phi) is 7.39. The Morgan fingerprint density at radius 2 is 1.75 bits per heavy atom. The van der Waals surface area contributed by atoms with Gasteiger partial charge in [-0.1, -0.05) is 24.3 Å². The van der Waals surface area contributed by atoms with E-state index in [1.807, 2.05) is 0 Å². The van der Waals surface area contributed by atoms with E-state index in [9.17, 15) is 9.59 Å². The summed E-state index contributed by atoms with van der Waals surface area (Å²) in [5, 5.41) is 0. The molecule has 6 nitrogen and oxygen atoms in total. The molecule has 1 aromatic heterocycles. The number of hydrogen-bond acceptors (Lipinski definition) is 4. The molecule has 0 spiro atoms. The van der Waals surface area contributed by atoms with E-state index in [1.165, 1.54) is 17.7 Å². The molecule has 0 aliphatic heterocycles. The quantitative estimate of drug-likeness (QED) is 0.496. The number of ether oxygens (including phenoxy) is 2. The first-order chi connectivity index (χ1) is 13.5. The summed E-state index contributed by atoms with van der Waals surface area (Å²) >= 11 is 0. The van der Waals surface area contributed by atoms with Crippen LogP contribution in [0.1, 0.15) is 5.56 Å². The van der Waals surface area contributed by atoms with Crippen LogP contribution in [0, 0.1) is 0 Å². The van der Waals surface area contributed by atoms with Crippen LogP contribution in [0.4, 0.5) is 0 Å². The highest BCUT2D eigenvalue weighted by molar-refractivity contribution is 6.18. The SMILES string of the molecule is C=CCN(CC=C)C(=O)/C(=C\c1ccc(OC)c(OC)c1)n1ccccc1=O. The number of methoxy groups -OCH3 is 2. The monoisotopic (exact) mass is 380 g/mol. The molecule has 0 radical (unpaired) electrons. The number of amides is 1. The largest absolute Gasteiger partial charge is 0.493 e. The summed E-state index contributed by atoms with van der Waals surface area (Å²) in [7, 11) is 3.09. The molecule has 146 valence electrons. The van der Waals surface area contributed by atoms with Crippen LogP contribution in [0.2, 0.25) is 0 Å². The highest BCUT2D eigenvalue weighted by atomic mass is 16.5. The summed E-state index contributed by atoms with van der Waals surface area (Å²) in [6.45, 7) is 8.05. The van der Waals surface area contributed by atoms with E-state index in [0.29, 0.717) is 30.2 Å². The molecule has 1 heterocycles. The molecule has 0 aliphatic carbocycles.